The zero-order valence-corrected chi connectivity index (χ0v) is 15.4. The van der Waals surface area contributed by atoms with E-state index in [4.69, 9.17) is 16.3 Å². The number of hydrogen-bond donors (Lipinski definition) is 1. The molecule has 0 spiro atoms. The van der Waals surface area contributed by atoms with Crippen LogP contribution in [0.5, 0.6) is 0 Å². The summed E-state index contributed by atoms with van der Waals surface area (Å²) in [5, 5.41) is 9.81. The van der Waals surface area contributed by atoms with Crippen LogP contribution in [-0.4, -0.2) is 47.7 Å². The van der Waals surface area contributed by atoms with Crippen molar-refractivity contribution < 1.29 is 19.4 Å². The summed E-state index contributed by atoms with van der Waals surface area (Å²) in [6.07, 6.45) is 1.89. The van der Waals surface area contributed by atoms with Crippen LogP contribution in [0.3, 0.4) is 0 Å². The number of aliphatic carboxylic acids is 1. The number of benzene rings is 1. The number of amides is 1. The smallest absolute Gasteiger partial charge is 0.309 e. The topological polar surface area (TPSA) is 66.8 Å². The Bertz CT molecular complexity index is 682. The van der Waals surface area contributed by atoms with Gasteiger partial charge in [-0.2, -0.15) is 0 Å². The molecule has 0 bridgehead atoms. The predicted molar refractivity (Wildman–Crippen MR) is 95.0 cm³/mol. The Morgan fingerprint density at radius 1 is 1.16 bits per heavy atom. The van der Waals surface area contributed by atoms with E-state index in [0.717, 1.165) is 24.0 Å². The molecule has 0 radical (unpaired) electrons. The second-order valence-electron chi connectivity index (χ2n) is 7.11. The maximum atomic E-state index is 12.8. The van der Waals surface area contributed by atoms with Crippen LogP contribution in [0.2, 0.25) is 5.02 Å². The fourth-order valence-corrected chi connectivity index (χ4v) is 4.19. The zero-order chi connectivity index (χ0) is 18.1. The molecule has 2 aliphatic rings. The summed E-state index contributed by atoms with van der Waals surface area (Å²) in [4.78, 5) is 26.0. The van der Waals surface area contributed by atoms with Gasteiger partial charge in [-0.25, -0.2) is 0 Å². The molecule has 0 aromatic heterocycles. The molecule has 2 saturated heterocycles. The Kier molecular flexibility index (Phi) is 5.35. The number of nitrogens with zero attached hydrogens (tertiary/aromatic N) is 1. The van der Waals surface area contributed by atoms with E-state index >= 15 is 0 Å². The average Bonchev–Trinajstić information content (AvgIpc) is 3.08. The number of halogens is 1. The molecule has 1 aromatic carbocycles. The molecule has 1 amide bonds. The number of carbonyl (C=O) groups is 2. The quantitative estimate of drug-likeness (QED) is 0.892. The number of carboxylic acid groups (broad SMARTS) is 1. The van der Waals surface area contributed by atoms with Gasteiger partial charge < -0.3 is 14.7 Å². The van der Waals surface area contributed by atoms with Crippen molar-refractivity contribution in [3.63, 3.8) is 0 Å². The lowest BCUT2D eigenvalue weighted by molar-refractivity contribution is -0.145. The molecular formula is C19H24ClNO4. The first-order valence-corrected chi connectivity index (χ1v) is 9.16. The summed E-state index contributed by atoms with van der Waals surface area (Å²) in [6.45, 7) is 5.68. The van der Waals surface area contributed by atoms with Gasteiger partial charge in [0.25, 0.3) is 5.91 Å². The molecule has 5 nitrogen and oxygen atoms in total. The van der Waals surface area contributed by atoms with Gasteiger partial charge in [0.1, 0.15) is 0 Å². The van der Waals surface area contributed by atoms with Gasteiger partial charge >= 0.3 is 5.97 Å². The van der Waals surface area contributed by atoms with E-state index in [1.807, 2.05) is 30.9 Å². The number of hydrogen-bond acceptors (Lipinski definition) is 3. The molecule has 1 N–H and O–H groups in total. The molecule has 2 aliphatic heterocycles. The van der Waals surface area contributed by atoms with E-state index < -0.39 is 11.9 Å². The first kappa shape index (κ1) is 18.2. The van der Waals surface area contributed by atoms with E-state index in [1.165, 1.54) is 0 Å². The van der Waals surface area contributed by atoms with Gasteiger partial charge in [0.2, 0.25) is 0 Å². The molecule has 3 rings (SSSR count). The number of aryl methyl sites for hydroxylation is 2. The lowest BCUT2D eigenvalue weighted by atomic mass is 9.84. The van der Waals surface area contributed by atoms with Crippen molar-refractivity contribution in [2.45, 2.75) is 39.2 Å². The van der Waals surface area contributed by atoms with Gasteiger partial charge in [-0.05, 0) is 62.3 Å². The number of rotatable bonds is 3. The zero-order valence-electron chi connectivity index (χ0n) is 14.6. The van der Waals surface area contributed by atoms with Crippen LogP contribution in [0.1, 0.15) is 40.7 Å². The Morgan fingerprint density at radius 2 is 1.80 bits per heavy atom. The lowest BCUT2D eigenvalue weighted by Gasteiger charge is -2.35. The fraction of sp³-hybridized carbons (Fsp3) is 0.579. The first-order chi connectivity index (χ1) is 11.9. The molecule has 0 aliphatic carbocycles. The van der Waals surface area contributed by atoms with Crippen molar-refractivity contribution in [2.24, 2.45) is 11.8 Å². The summed E-state index contributed by atoms with van der Waals surface area (Å²) in [7, 11) is 0. The molecule has 2 heterocycles. The van der Waals surface area contributed by atoms with Gasteiger partial charge in [-0.1, -0.05) is 11.6 Å². The Balaban J connectivity index is 1.65. The summed E-state index contributed by atoms with van der Waals surface area (Å²) in [5.74, 6) is -1.04. The Morgan fingerprint density at radius 3 is 2.44 bits per heavy atom. The molecule has 6 heteroatoms. The van der Waals surface area contributed by atoms with Crippen molar-refractivity contribution in [2.75, 3.05) is 19.7 Å². The van der Waals surface area contributed by atoms with E-state index in [9.17, 15) is 14.7 Å². The Labute approximate surface area is 152 Å². The number of likely N-dealkylation sites (tertiary alicyclic amines) is 1. The van der Waals surface area contributed by atoms with Crippen LogP contribution in [0.25, 0.3) is 0 Å². The largest absolute Gasteiger partial charge is 0.481 e. The van der Waals surface area contributed by atoms with E-state index in [2.05, 4.69) is 0 Å². The Hall–Kier alpha value is -1.59. The molecular weight excluding hydrogens is 342 g/mol. The molecule has 1 aromatic rings. The van der Waals surface area contributed by atoms with Gasteiger partial charge in [0.05, 0.1) is 22.6 Å². The van der Waals surface area contributed by atoms with Crippen molar-refractivity contribution in [3.8, 4) is 0 Å². The molecule has 136 valence electrons. The van der Waals surface area contributed by atoms with E-state index in [1.54, 1.807) is 0 Å². The average molecular weight is 366 g/mol. The summed E-state index contributed by atoms with van der Waals surface area (Å²) in [6, 6.07) is 3.69. The van der Waals surface area contributed by atoms with Crippen molar-refractivity contribution in [3.05, 3.63) is 33.8 Å². The van der Waals surface area contributed by atoms with E-state index in [-0.39, 0.29) is 17.9 Å². The third kappa shape index (κ3) is 3.67. The summed E-state index contributed by atoms with van der Waals surface area (Å²) >= 11 is 6.27. The molecule has 0 saturated carbocycles. The van der Waals surface area contributed by atoms with E-state index in [0.29, 0.717) is 36.7 Å². The number of carboxylic acids is 1. The first-order valence-electron chi connectivity index (χ1n) is 8.79. The highest BCUT2D eigenvalue weighted by molar-refractivity contribution is 6.34. The second kappa shape index (κ2) is 7.34. The number of ether oxygens (including phenoxy) is 1. The van der Waals surface area contributed by atoms with Crippen LogP contribution in [0, 0.1) is 25.7 Å². The molecule has 25 heavy (non-hydrogen) atoms. The maximum absolute atomic E-state index is 12.8. The molecule has 1 unspecified atom stereocenters. The normalized spacial score (nSPS) is 24.5. The maximum Gasteiger partial charge on any atom is 0.309 e. The fourth-order valence-electron chi connectivity index (χ4n) is 3.89. The molecule has 2 atom stereocenters. The van der Waals surface area contributed by atoms with Crippen LogP contribution < -0.4 is 0 Å². The minimum atomic E-state index is -0.775. The summed E-state index contributed by atoms with van der Waals surface area (Å²) < 4.78 is 5.69. The number of piperidine rings is 1. The van der Waals surface area contributed by atoms with Gasteiger partial charge in [-0.15, -0.1) is 0 Å². The number of carbonyl (C=O) groups excluding carboxylic acids is 1. The standard InChI is InChI=1S/C19H24ClNO4/c1-11-9-15(16(20)10-12(11)2)18(22)21-6-3-13(4-7-21)17-14(19(23)24)5-8-25-17/h9-10,13-14,17H,3-8H2,1-2H3,(H,23,24)/t14?,17-/m0/s1. The van der Waals surface area contributed by atoms with Gasteiger partial charge in [-0.3, -0.25) is 9.59 Å². The van der Waals surface area contributed by atoms with Gasteiger partial charge in [0.15, 0.2) is 0 Å². The van der Waals surface area contributed by atoms with Crippen LogP contribution in [-0.2, 0) is 9.53 Å². The van der Waals surface area contributed by atoms with Crippen molar-refractivity contribution in [1.29, 1.82) is 0 Å². The monoisotopic (exact) mass is 365 g/mol. The third-order valence-corrected chi connectivity index (χ3v) is 5.87. The third-order valence-electron chi connectivity index (χ3n) is 5.56. The van der Waals surface area contributed by atoms with Crippen molar-refractivity contribution in [1.82, 2.24) is 4.90 Å². The van der Waals surface area contributed by atoms with Crippen molar-refractivity contribution >= 4 is 23.5 Å². The lowest BCUT2D eigenvalue weighted by Crippen LogP contribution is -2.43. The SMILES string of the molecule is Cc1cc(Cl)c(C(=O)N2CCC([C@@H]3OCCC3C(=O)O)CC2)cc1C. The van der Waals surface area contributed by atoms with Crippen LogP contribution >= 0.6 is 11.6 Å². The minimum absolute atomic E-state index is 0.0475. The van der Waals surface area contributed by atoms with Crippen LogP contribution in [0.4, 0.5) is 0 Å². The highest BCUT2D eigenvalue weighted by Crippen LogP contribution is 2.34. The minimum Gasteiger partial charge on any atom is -0.481 e. The van der Waals surface area contributed by atoms with Gasteiger partial charge in [0, 0.05) is 19.7 Å². The highest BCUT2D eigenvalue weighted by atomic mass is 35.5. The predicted octanol–water partition coefficient (Wildman–Crippen LogP) is 3.30. The second-order valence-corrected chi connectivity index (χ2v) is 7.52. The highest BCUT2D eigenvalue weighted by Gasteiger charge is 2.40. The van der Waals surface area contributed by atoms with Crippen LogP contribution in [0.15, 0.2) is 12.1 Å². The summed E-state index contributed by atoms with van der Waals surface area (Å²) in [5.41, 5.74) is 2.66. The molecule has 2 fully saturated rings.